The Morgan fingerprint density at radius 1 is 0.762 bits per heavy atom. The molecular formula is C15H14CuLi2NO2. The van der Waals surface area contributed by atoms with Crippen molar-refractivity contribution in [2.75, 3.05) is 14.2 Å². The first-order valence-electron chi connectivity index (χ1n) is 5.09. The molecule has 0 spiro atoms. The number of ether oxygens (including phenoxy) is 2. The molecule has 21 heavy (non-hydrogen) atoms. The van der Waals surface area contributed by atoms with E-state index in [0.29, 0.717) is 0 Å². The van der Waals surface area contributed by atoms with Crippen LogP contribution in [0.25, 0.3) is 0 Å². The molecule has 0 fully saturated rings. The molecule has 3 nitrogen and oxygen atoms in total. The summed E-state index contributed by atoms with van der Waals surface area (Å²) >= 11 is 0. The van der Waals surface area contributed by atoms with Crippen molar-refractivity contribution in [1.82, 2.24) is 0 Å². The van der Waals surface area contributed by atoms with Gasteiger partial charge in [0.2, 0.25) is 0 Å². The van der Waals surface area contributed by atoms with Crippen molar-refractivity contribution in [3.8, 4) is 11.5 Å². The molecule has 2 aromatic rings. The predicted octanol–water partition coefficient (Wildman–Crippen LogP) is -2.91. The van der Waals surface area contributed by atoms with E-state index in [0.717, 1.165) is 11.5 Å². The van der Waals surface area contributed by atoms with Crippen molar-refractivity contribution in [3.05, 3.63) is 67.2 Å². The minimum absolute atomic E-state index is 0. The van der Waals surface area contributed by atoms with Gasteiger partial charge in [-0.25, -0.2) is 0 Å². The molecule has 0 aliphatic heterocycles. The number of hydrogen-bond acceptors (Lipinski definition) is 3. The molecule has 2 aromatic carbocycles. The van der Waals surface area contributed by atoms with Gasteiger partial charge >= 0.3 is 54.8 Å². The summed E-state index contributed by atoms with van der Waals surface area (Å²) in [5.41, 5.74) is 0. The van der Waals surface area contributed by atoms with Crippen LogP contribution in [0.15, 0.2) is 48.5 Å². The summed E-state index contributed by atoms with van der Waals surface area (Å²) in [6, 6.07) is 20.5. The van der Waals surface area contributed by atoms with Crippen LogP contribution >= 0.6 is 0 Å². The van der Waals surface area contributed by atoms with Gasteiger partial charge in [-0.05, 0) is 0 Å². The first kappa shape index (κ1) is 28.4. The molecule has 0 unspecified atom stereocenters. The molecule has 0 bridgehead atoms. The van der Waals surface area contributed by atoms with E-state index >= 15 is 0 Å². The molecule has 0 radical (unpaired) electrons. The fraction of sp³-hybridized carbons (Fsp3) is 0.133. The second-order valence-corrected chi connectivity index (χ2v) is 2.88. The Hall–Kier alpha value is -0.756. The van der Waals surface area contributed by atoms with Gasteiger partial charge in [-0.2, -0.15) is 36.4 Å². The summed E-state index contributed by atoms with van der Waals surface area (Å²) in [6.45, 7) is 4.75. The van der Waals surface area contributed by atoms with E-state index in [1.54, 1.807) is 14.2 Å². The molecule has 0 saturated heterocycles. The van der Waals surface area contributed by atoms with Gasteiger partial charge in [-0.3, -0.25) is 0 Å². The molecular weight excluding hydrogens is 304 g/mol. The van der Waals surface area contributed by atoms with Crippen LogP contribution < -0.4 is 47.2 Å². The Bertz CT molecular complexity index is 388. The third-order valence-electron chi connectivity index (χ3n) is 1.85. The second kappa shape index (κ2) is 21.5. The van der Waals surface area contributed by atoms with E-state index in [1.165, 1.54) is 0 Å². The first-order chi connectivity index (χ1) is 8.86. The van der Waals surface area contributed by atoms with Gasteiger partial charge in [0.25, 0.3) is 0 Å². The van der Waals surface area contributed by atoms with E-state index in [4.69, 9.17) is 21.3 Å². The molecule has 104 valence electrons. The third kappa shape index (κ3) is 15.5. The molecule has 0 heterocycles. The number of hydrogen-bond donors (Lipinski definition) is 0. The molecule has 0 aromatic heterocycles. The molecule has 0 saturated carbocycles. The van der Waals surface area contributed by atoms with E-state index < -0.39 is 0 Å². The van der Waals surface area contributed by atoms with Crippen molar-refractivity contribution in [3.63, 3.8) is 0 Å². The molecule has 0 amide bonds. The molecule has 0 aliphatic rings. The average molecular weight is 318 g/mol. The monoisotopic (exact) mass is 317 g/mol. The normalized spacial score (nSPS) is 6.67. The Labute approximate surface area is 161 Å². The van der Waals surface area contributed by atoms with Crippen molar-refractivity contribution in [2.24, 2.45) is 0 Å². The Morgan fingerprint density at radius 3 is 1.14 bits per heavy atom. The molecule has 6 heteroatoms. The van der Waals surface area contributed by atoms with Crippen LogP contribution in [-0.2, 0) is 17.1 Å². The Kier molecular flexibility index (Phi) is 29.1. The number of nitrogens with zero attached hydrogens (tertiary/aromatic N) is 1. The molecule has 2 rings (SSSR count). The van der Waals surface area contributed by atoms with E-state index in [2.05, 4.69) is 12.1 Å². The van der Waals surface area contributed by atoms with Crippen molar-refractivity contribution < 1.29 is 64.3 Å². The van der Waals surface area contributed by atoms with Gasteiger partial charge in [-0.15, -0.1) is 24.3 Å². The quantitative estimate of drug-likeness (QED) is 0.441. The van der Waals surface area contributed by atoms with E-state index in [-0.39, 0.29) is 54.8 Å². The van der Waals surface area contributed by atoms with E-state index in [9.17, 15) is 0 Å². The number of methoxy groups -OCH3 is 2. The van der Waals surface area contributed by atoms with Gasteiger partial charge in [0.05, 0.1) is 14.2 Å². The molecule has 0 N–H and O–H groups in total. The predicted molar refractivity (Wildman–Crippen MR) is 68.6 cm³/mol. The van der Waals surface area contributed by atoms with Crippen LogP contribution in [0.5, 0.6) is 11.5 Å². The smallest absolute Gasteiger partial charge is 0.522 e. The second-order valence-electron chi connectivity index (χ2n) is 2.88. The maximum atomic E-state index is 6.25. The average Bonchev–Trinajstić information content (AvgIpc) is 2.51. The first-order valence-corrected chi connectivity index (χ1v) is 5.09. The topological polar surface area (TPSA) is 42.2 Å². The van der Waals surface area contributed by atoms with Gasteiger partial charge in [0.1, 0.15) is 0 Å². The third-order valence-corrected chi connectivity index (χ3v) is 1.85. The fourth-order valence-electron chi connectivity index (χ4n) is 1.02. The summed E-state index contributed by atoms with van der Waals surface area (Å²) in [7, 11) is 3.30. The summed E-state index contributed by atoms with van der Waals surface area (Å²) in [4.78, 5) is 0. The summed E-state index contributed by atoms with van der Waals surface area (Å²) in [6.07, 6.45) is 0. The van der Waals surface area contributed by atoms with Gasteiger partial charge < -0.3 is 21.3 Å². The minimum Gasteiger partial charge on any atom is -0.522 e. The van der Waals surface area contributed by atoms with Crippen LogP contribution in [0.3, 0.4) is 0 Å². The van der Waals surface area contributed by atoms with Crippen LogP contribution in [-0.4, -0.2) is 14.2 Å². The van der Waals surface area contributed by atoms with Crippen LogP contribution in [0, 0.1) is 24.0 Å². The standard InChI is InChI=1S/2C7H7O.CN.Cu.2Li/c2*1-8-7-5-3-2-4-6-7;1-2;;;/h2*3-6H,1H3;;;;/q3*-1;3*+1. The largest absolute Gasteiger partial charge is 1.00 e. The van der Waals surface area contributed by atoms with Crippen LogP contribution in [0.1, 0.15) is 0 Å². The Morgan fingerprint density at radius 2 is 1.00 bits per heavy atom. The SMILES string of the molecule is COc1cc[c-]cc1.COc1cc[c-]cc1.[C-]#N.[Cu+].[Li+].[Li+]. The Balaban J connectivity index is -0.000000109. The summed E-state index contributed by atoms with van der Waals surface area (Å²) in [5.74, 6) is 1.76. The van der Waals surface area contributed by atoms with Crippen molar-refractivity contribution in [1.29, 1.82) is 5.26 Å². The fourth-order valence-corrected chi connectivity index (χ4v) is 1.02. The molecule has 0 aliphatic carbocycles. The van der Waals surface area contributed by atoms with Gasteiger partial charge in [0, 0.05) is 11.5 Å². The maximum absolute atomic E-state index is 6.25. The maximum Gasteiger partial charge on any atom is 1.00 e. The zero-order valence-corrected chi connectivity index (χ0v) is 13.6. The van der Waals surface area contributed by atoms with Gasteiger partial charge in [0.15, 0.2) is 0 Å². The van der Waals surface area contributed by atoms with Gasteiger partial charge in [-0.1, -0.05) is 0 Å². The zero-order valence-electron chi connectivity index (χ0n) is 12.7. The van der Waals surface area contributed by atoms with Crippen molar-refractivity contribution in [2.45, 2.75) is 0 Å². The van der Waals surface area contributed by atoms with Crippen LogP contribution in [0.4, 0.5) is 0 Å². The summed E-state index contributed by atoms with van der Waals surface area (Å²) < 4.78 is 9.79. The number of rotatable bonds is 2. The zero-order chi connectivity index (χ0) is 13.6. The van der Waals surface area contributed by atoms with Crippen molar-refractivity contribution >= 4 is 0 Å². The van der Waals surface area contributed by atoms with Crippen LogP contribution in [0.2, 0.25) is 0 Å². The summed E-state index contributed by atoms with van der Waals surface area (Å²) in [5, 5.41) is 6.25. The molecule has 0 atom stereocenters. The van der Waals surface area contributed by atoms with E-state index in [1.807, 2.05) is 48.5 Å². The number of benzene rings is 2. The minimum atomic E-state index is 0.